The van der Waals surface area contributed by atoms with E-state index in [2.05, 4.69) is 16.7 Å². The lowest BCUT2D eigenvalue weighted by molar-refractivity contribution is 0.281. The second kappa shape index (κ2) is 4.55. The van der Waals surface area contributed by atoms with E-state index < -0.39 is 0 Å². The van der Waals surface area contributed by atoms with Crippen LogP contribution in [0.15, 0.2) is 24.3 Å². The van der Waals surface area contributed by atoms with E-state index in [-0.39, 0.29) is 6.61 Å². The summed E-state index contributed by atoms with van der Waals surface area (Å²) in [6.07, 6.45) is 0. The zero-order chi connectivity index (χ0) is 9.80. The van der Waals surface area contributed by atoms with Crippen LogP contribution < -0.4 is 10.6 Å². The molecule has 0 radical (unpaired) electrons. The third-order valence-corrected chi connectivity index (χ3v) is 2.55. The Labute approximate surface area is 84.1 Å². The number of rotatable bonds is 4. The monoisotopic (exact) mass is 192 g/mol. The first-order chi connectivity index (χ1) is 6.88. The Kier molecular flexibility index (Phi) is 3.14. The predicted octanol–water partition coefficient (Wildman–Crippen LogP) is 0.240. The second-order valence-electron chi connectivity index (χ2n) is 3.71. The quantitative estimate of drug-likeness (QED) is 0.640. The number of hydrogen-bond donors (Lipinski definition) is 3. The van der Waals surface area contributed by atoms with E-state index in [1.165, 1.54) is 5.56 Å². The molecule has 1 heterocycles. The van der Waals surface area contributed by atoms with Crippen LogP contribution in [0.5, 0.6) is 0 Å². The Bertz CT molecular complexity index is 297. The Balaban J connectivity index is 1.87. The van der Waals surface area contributed by atoms with Gasteiger partial charge in [0.1, 0.15) is 0 Å². The van der Waals surface area contributed by atoms with Gasteiger partial charge in [0.2, 0.25) is 0 Å². The molecular weight excluding hydrogens is 176 g/mol. The number of nitrogens with one attached hydrogen (secondary N) is 2. The summed E-state index contributed by atoms with van der Waals surface area (Å²) < 4.78 is 0. The molecule has 1 aromatic carbocycles. The highest BCUT2D eigenvalue weighted by Crippen LogP contribution is 2.05. The Morgan fingerprint density at radius 3 is 2.79 bits per heavy atom. The van der Waals surface area contributed by atoms with Gasteiger partial charge in [-0.2, -0.15) is 0 Å². The van der Waals surface area contributed by atoms with Crippen molar-refractivity contribution >= 4 is 0 Å². The van der Waals surface area contributed by atoms with E-state index in [0.717, 1.165) is 25.2 Å². The largest absolute Gasteiger partial charge is 0.392 e. The van der Waals surface area contributed by atoms with E-state index in [0.29, 0.717) is 6.04 Å². The van der Waals surface area contributed by atoms with Crippen molar-refractivity contribution in [3.05, 3.63) is 35.4 Å². The molecule has 0 unspecified atom stereocenters. The van der Waals surface area contributed by atoms with E-state index >= 15 is 0 Å². The zero-order valence-corrected chi connectivity index (χ0v) is 8.16. The molecule has 1 saturated heterocycles. The third-order valence-electron chi connectivity index (χ3n) is 2.55. The Morgan fingerprint density at radius 1 is 1.36 bits per heavy atom. The summed E-state index contributed by atoms with van der Waals surface area (Å²) in [4.78, 5) is 0. The summed E-state index contributed by atoms with van der Waals surface area (Å²) in [6, 6.07) is 8.67. The van der Waals surface area contributed by atoms with Crippen LogP contribution >= 0.6 is 0 Å². The summed E-state index contributed by atoms with van der Waals surface area (Å²) >= 11 is 0. The summed E-state index contributed by atoms with van der Waals surface area (Å²) in [6.45, 7) is 3.15. The van der Waals surface area contributed by atoms with E-state index in [9.17, 15) is 0 Å². The fraction of sp³-hybridized carbons (Fsp3) is 0.455. The minimum Gasteiger partial charge on any atom is -0.392 e. The van der Waals surface area contributed by atoms with Crippen molar-refractivity contribution in [3.63, 3.8) is 0 Å². The normalized spacial score (nSPS) is 16.6. The lowest BCUT2D eigenvalue weighted by Gasteiger charge is -2.28. The lowest BCUT2D eigenvalue weighted by atomic mass is 10.1. The van der Waals surface area contributed by atoms with E-state index in [1.54, 1.807) is 0 Å². The number of aliphatic hydroxyl groups is 1. The molecule has 1 fully saturated rings. The van der Waals surface area contributed by atoms with Crippen molar-refractivity contribution < 1.29 is 5.11 Å². The molecule has 0 amide bonds. The molecule has 0 aliphatic carbocycles. The molecule has 14 heavy (non-hydrogen) atoms. The van der Waals surface area contributed by atoms with E-state index in [4.69, 9.17) is 5.11 Å². The first-order valence-electron chi connectivity index (χ1n) is 5.01. The predicted molar refractivity (Wildman–Crippen MR) is 55.9 cm³/mol. The molecule has 3 heteroatoms. The zero-order valence-electron chi connectivity index (χ0n) is 8.16. The van der Waals surface area contributed by atoms with Crippen LogP contribution in [0.4, 0.5) is 0 Å². The maximum Gasteiger partial charge on any atom is 0.0681 e. The highest BCUT2D eigenvalue weighted by atomic mass is 16.3. The highest BCUT2D eigenvalue weighted by Gasteiger charge is 2.14. The molecule has 76 valence electrons. The van der Waals surface area contributed by atoms with Crippen molar-refractivity contribution in [2.45, 2.75) is 19.2 Å². The minimum absolute atomic E-state index is 0.124. The Morgan fingerprint density at radius 2 is 2.14 bits per heavy atom. The summed E-state index contributed by atoms with van der Waals surface area (Å²) in [5.74, 6) is 0. The highest BCUT2D eigenvalue weighted by molar-refractivity contribution is 5.22. The van der Waals surface area contributed by atoms with Gasteiger partial charge in [-0.15, -0.1) is 0 Å². The van der Waals surface area contributed by atoms with Gasteiger partial charge >= 0.3 is 0 Å². The van der Waals surface area contributed by atoms with E-state index in [1.807, 2.05) is 18.2 Å². The van der Waals surface area contributed by atoms with Gasteiger partial charge in [-0.25, -0.2) is 0 Å². The molecular formula is C11H16N2O. The first kappa shape index (κ1) is 9.65. The molecule has 0 spiro atoms. The second-order valence-corrected chi connectivity index (χ2v) is 3.71. The van der Waals surface area contributed by atoms with Gasteiger partial charge in [-0.3, -0.25) is 0 Å². The average molecular weight is 192 g/mol. The smallest absolute Gasteiger partial charge is 0.0681 e. The van der Waals surface area contributed by atoms with Gasteiger partial charge < -0.3 is 15.7 Å². The topological polar surface area (TPSA) is 44.3 Å². The molecule has 1 aliphatic heterocycles. The van der Waals surface area contributed by atoms with Gasteiger partial charge in [0, 0.05) is 25.7 Å². The number of aliphatic hydroxyl groups excluding tert-OH is 1. The van der Waals surface area contributed by atoms with Gasteiger partial charge in [0.25, 0.3) is 0 Å². The first-order valence-corrected chi connectivity index (χ1v) is 5.01. The SMILES string of the molecule is OCc1cccc(CNC2CNC2)c1. The van der Waals surface area contributed by atoms with Crippen molar-refractivity contribution in [3.8, 4) is 0 Å². The van der Waals surface area contributed by atoms with Crippen LogP contribution in [0.25, 0.3) is 0 Å². The van der Waals surface area contributed by atoms with Gasteiger partial charge in [-0.05, 0) is 11.1 Å². The summed E-state index contributed by atoms with van der Waals surface area (Å²) in [5.41, 5.74) is 2.22. The van der Waals surface area contributed by atoms with Crippen LogP contribution in [0.2, 0.25) is 0 Å². The molecule has 0 saturated carbocycles. The van der Waals surface area contributed by atoms with Crippen molar-refractivity contribution in [1.29, 1.82) is 0 Å². The number of benzene rings is 1. The van der Waals surface area contributed by atoms with Crippen LogP contribution in [-0.4, -0.2) is 24.2 Å². The number of hydrogen-bond acceptors (Lipinski definition) is 3. The Hall–Kier alpha value is -0.900. The molecule has 1 aliphatic rings. The maximum atomic E-state index is 8.97. The van der Waals surface area contributed by atoms with Crippen molar-refractivity contribution in [1.82, 2.24) is 10.6 Å². The van der Waals surface area contributed by atoms with Gasteiger partial charge in [-0.1, -0.05) is 24.3 Å². The van der Waals surface area contributed by atoms with Gasteiger partial charge in [0.05, 0.1) is 6.61 Å². The molecule has 2 rings (SSSR count). The average Bonchev–Trinajstić information content (AvgIpc) is 2.16. The van der Waals surface area contributed by atoms with Crippen LogP contribution in [0.3, 0.4) is 0 Å². The summed E-state index contributed by atoms with van der Waals surface area (Å²) in [7, 11) is 0. The van der Waals surface area contributed by atoms with Crippen LogP contribution in [-0.2, 0) is 13.2 Å². The fourth-order valence-corrected chi connectivity index (χ4v) is 1.53. The maximum absolute atomic E-state index is 8.97. The van der Waals surface area contributed by atoms with Crippen LogP contribution in [0.1, 0.15) is 11.1 Å². The van der Waals surface area contributed by atoms with Crippen molar-refractivity contribution in [2.75, 3.05) is 13.1 Å². The molecule has 3 nitrogen and oxygen atoms in total. The fourth-order valence-electron chi connectivity index (χ4n) is 1.53. The van der Waals surface area contributed by atoms with Gasteiger partial charge in [0.15, 0.2) is 0 Å². The molecule has 1 aromatic rings. The van der Waals surface area contributed by atoms with Crippen LogP contribution in [0, 0.1) is 0 Å². The standard InChI is InChI=1S/C11H16N2O/c14-8-10-3-1-2-9(4-10)5-13-11-6-12-7-11/h1-4,11-14H,5-8H2. The lowest BCUT2D eigenvalue weighted by Crippen LogP contribution is -2.54. The van der Waals surface area contributed by atoms with Crippen molar-refractivity contribution in [2.24, 2.45) is 0 Å². The molecule has 0 atom stereocenters. The molecule has 3 N–H and O–H groups in total. The summed E-state index contributed by atoms with van der Waals surface area (Å²) in [5, 5.41) is 15.6. The molecule has 0 bridgehead atoms. The third kappa shape index (κ3) is 2.32. The molecule has 0 aromatic heterocycles. The minimum atomic E-state index is 0.124.